The van der Waals surface area contributed by atoms with E-state index >= 15 is 0 Å². The van der Waals surface area contributed by atoms with Gasteiger partial charge >= 0.3 is 6.09 Å². The molecule has 0 spiro atoms. The van der Waals surface area contributed by atoms with E-state index in [9.17, 15) is 9.90 Å². The number of aryl methyl sites for hydroxylation is 1. The topological polar surface area (TPSA) is 123 Å². The highest BCUT2D eigenvalue weighted by atomic mass is 16.5. The fraction of sp³-hybridized carbons (Fsp3) is 0.455. The fourth-order valence-electron chi connectivity index (χ4n) is 3.38. The number of nitrogens with zero attached hydrogens (tertiary/aromatic N) is 4. The molecule has 2 heterocycles. The van der Waals surface area contributed by atoms with Crippen molar-refractivity contribution in [3.8, 4) is 5.75 Å². The summed E-state index contributed by atoms with van der Waals surface area (Å²) in [4.78, 5) is 20.8. The first kappa shape index (κ1) is 23.3. The van der Waals surface area contributed by atoms with Crippen molar-refractivity contribution in [1.82, 2.24) is 19.7 Å². The number of anilines is 2. The number of methoxy groups -OCH3 is 2. The molecule has 0 bridgehead atoms. The summed E-state index contributed by atoms with van der Waals surface area (Å²) in [6.45, 7) is 5.21. The van der Waals surface area contributed by atoms with E-state index in [0.717, 1.165) is 41.7 Å². The van der Waals surface area contributed by atoms with Crippen LogP contribution in [0.4, 0.5) is 16.6 Å². The van der Waals surface area contributed by atoms with Crippen molar-refractivity contribution < 1.29 is 19.4 Å². The van der Waals surface area contributed by atoms with Crippen LogP contribution in [-0.2, 0) is 24.3 Å². The van der Waals surface area contributed by atoms with Crippen molar-refractivity contribution in [2.24, 2.45) is 0 Å². The molecule has 0 radical (unpaired) electrons. The average molecular weight is 443 g/mol. The third-order valence-electron chi connectivity index (χ3n) is 5.07. The van der Waals surface area contributed by atoms with E-state index < -0.39 is 6.09 Å². The van der Waals surface area contributed by atoms with Crippen molar-refractivity contribution >= 4 is 28.9 Å². The number of aliphatic hydroxyl groups is 1. The highest BCUT2D eigenvalue weighted by Crippen LogP contribution is 2.28. The Morgan fingerprint density at radius 2 is 2.03 bits per heavy atom. The van der Waals surface area contributed by atoms with Crippen LogP contribution in [0.2, 0.25) is 0 Å². The molecule has 0 fully saturated rings. The first-order valence-electron chi connectivity index (χ1n) is 10.7. The monoisotopic (exact) mass is 442 g/mol. The fourth-order valence-corrected chi connectivity index (χ4v) is 3.38. The van der Waals surface area contributed by atoms with Crippen LogP contribution < -0.4 is 15.4 Å². The van der Waals surface area contributed by atoms with Gasteiger partial charge in [-0.25, -0.2) is 9.78 Å². The van der Waals surface area contributed by atoms with Gasteiger partial charge in [0.2, 0.25) is 5.95 Å². The molecule has 0 atom stereocenters. The Labute approximate surface area is 187 Å². The zero-order valence-electron chi connectivity index (χ0n) is 18.9. The zero-order valence-corrected chi connectivity index (χ0v) is 18.9. The second-order valence-electron chi connectivity index (χ2n) is 7.25. The van der Waals surface area contributed by atoms with Gasteiger partial charge in [-0.15, -0.1) is 0 Å². The number of rotatable bonds is 10. The lowest BCUT2D eigenvalue weighted by Gasteiger charge is -2.13. The Morgan fingerprint density at radius 3 is 2.69 bits per heavy atom. The number of hydrogen-bond donors (Lipinski definition) is 3. The summed E-state index contributed by atoms with van der Waals surface area (Å²) in [6, 6.07) is 5.60. The van der Waals surface area contributed by atoms with Crippen molar-refractivity contribution in [3.05, 3.63) is 35.0 Å². The Bertz CT molecular complexity index is 1080. The molecule has 3 rings (SSSR count). The van der Waals surface area contributed by atoms with Crippen LogP contribution in [0, 0.1) is 0 Å². The predicted molar refractivity (Wildman–Crippen MR) is 122 cm³/mol. The molecule has 1 amide bonds. The zero-order chi connectivity index (χ0) is 23.1. The molecule has 0 aliphatic heterocycles. The summed E-state index contributed by atoms with van der Waals surface area (Å²) < 4.78 is 12.1. The van der Waals surface area contributed by atoms with Crippen molar-refractivity contribution in [3.63, 3.8) is 0 Å². The summed E-state index contributed by atoms with van der Waals surface area (Å²) in [5.74, 6) is 1.42. The second kappa shape index (κ2) is 10.8. The van der Waals surface area contributed by atoms with Gasteiger partial charge in [0, 0.05) is 12.1 Å². The molecule has 0 unspecified atom stereocenters. The van der Waals surface area contributed by atoms with Crippen molar-refractivity contribution in [2.45, 2.75) is 46.3 Å². The predicted octanol–water partition coefficient (Wildman–Crippen LogP) is 3.33. The summed E-state index contributed by atoms with van der Waals surface area (Å²) >= 11 is 0. The third kappa shape index (κ3) is 5.08. The minimum Gasteiger partial charge on any atom is -0.496 e. The Kier molecular flexibility index (Phi) is 7.82. The number of carbonyl (C=O) groups is 1. The smallest absolute Gasteiger partial charge is 0.413 e. The highest BCUT2D eigenvalue weighted by molar-refractivity contribution is 5.91. The molecular formula is C22H30N6O4. The maximum atomic E-state index is 11.7. The van der Waals surface area contributed by atoms with Crippen LogP contribution in [0.1, 0.15) is 43.5 Å². The number of carbonyl (C=O) groups excluding carboxylic acids is 1. The van der Waals surface area contributed by atoms with Crippen LogP contribution >= 0.6 is 0 Å². The van der Waals surface area contributed by atoms with Gasteiger partial charge in [0.15, 0.2) is 5.82 Å². The first-order chi connectivity index (χ1) is 15.5. The number of unbranched alkanes of at least 4 members (excludes halogenated alkanes) is 1. The SMILES string of the molecule is CCCCNc1nc(NC(=O)OC)nc2c(CC)nn(Cc3ccc(CO)cc3OC)c12. The molecule has 172 valence electrons. The molecule has 0 aliphatic carbocycles. The quantitative estimate of drug-likeness (QED) is 0.409. The van der Waals surface area contributed by atoms with Gasteiger partial charge in [-0.05, 0) is 24.5 Å². The Balaban J connectivity index is 2.11. The Morgan fingerprint density at radius 1 is 1.22 bits per heavy atom. The van der Waals surface area contributed by atoms with Crippen molar-refractivity contribution in [2.75, 3.05) is 31.4 Å². The molecular weight excluding hydrogens is 412 g/mol. The molecule has 0 aliphatic rings. The van der Waals surface area contributed by atoms with Gasteiger partial charge in [-0.1, -0.05) is 32.4 Å². The van der Waals surface area contributed by atoms with E-state index in [4.69, 9.17) is 9.84 Å². The normalized spacial score (nSPS) is 10.9. The number of nitrogens with one attached hydrogen (secondary N) is 2. The van der Waals surface area contributed by atoms with Gasteiger partial charge in [0.25, 0.3) is 0 Å². The number of amides is 1. The van der Waals surface area contributed by atoms with Gasteiger partial charge in [0.1, 0.15) is 16.8 Å². The highest BCUT2D eigenvalue weighted by Gasteiger charge is 2.20. The first-order valence-corrected chi connectivity index (χ1v) is 10.7. The maximum Gasteiger partial charge on any atom is 0.413 e. The molecule has 0 saturated heterocycles. The average Bonchev–Trinajstić information content (AvgIpc) is 3.16. The van der Waals surface area contributed by atoms with Crippen molar-refractivity contribution in [1.29, 1.82) is 0 Å². The Hall–Kier alpha value is -3.40. The molecule has 2 aromatic heterocycles. The summed E-state index contributed by atoms with van der Waals surface area (Å²) in [6.07, 6.45) is 2.02. The van der Waals surface area contributed by atoms with Crippen LogP contribution in [0.25, 0.3) is 11.0 Å². The molecule has 1 aromatic carbocycles. The molecule has 3 aromatic rings. The largest absolute Gasteiger partial charge is 0.496 e. The molecule has 10 nitrogen and oxygen atoms in total. The number of ether oxygens (including phenoxy) is 2. The van der Waals surface area contributed by atoms with Crippen LogP contribution in [0.5, 0.6) is 5.75 Å². The summed E-state index contributed by atoms with van der Waals surface area (Å²) in [5.41, 5.74) is 3.89. The van der Waals surface area contributed by atoms with Gasteiger partial charge < -0.3 is 19.9 Å². The number of fused-ring (bicyclic) bond motifs is 1. The molecule has 32 heavy (non-hydrogen) atoms. The maximum absolute atomic E-state index is 11.7. The van der Waals surface area contributed by atoms with Crippen LogP contribution in [0.15, 0.2) is 18.2 Å². The molecule has 0 saturated carbocycles. The minimum atomic E-state index is -0.636. The van der Waals surface area contributed by atoms with Gasteiger partial charge in [-0.3, -0.25) is 10.00 Å². The van der Waals surface area contributed by atoms with Crippen LogP contribution in [-0.4, -0.2) is 51.7 Å². The van der Waals surface area contributed by atoms with E-state index in [1.807, 2.05) is 29.8 Å². The summed E-state index contributed by atoms with van der Waals surface area (Å²) in [5, 5.41) is 20.1. The van der Waals surface area contributed by atoms with E-state index in [-0.39, 0.29) is 12.6 Å². The number of benzene rings is 1. The second-order valence-corrected chi connectivity index (χ2v) is 7.25. The van der Waals surface area contributed by atoms with E-state index in [1.54, 1.807) is 7.11 Å². The standard InChI is InChI=1S/C22H30N6O4/c1-5-7-10-23-20-19-18(24-21(25-20)26-22(30)32-4)16(6-2)27-28(19)12-15-9-8-14(13-29)11-17(15)31-3/h8-9,11,29H,5-7,10,12-13H2,1-4H3,(H2,23,24,25,26,30). The van der Waals surface area contributed by atoms with E-state index in [2.05, 4.69) is 32.3 Å². The lowest BCUT2D eigenvalue weighted by molar-refractivity contribution is 0.186. The number of hydrogen-bond acceptors (Lipinski definition) is 8. The third-order valence-corrected chi connectivity index (χ3v) is 5.07. The number of aliphatic hydroxyl groups excluding tert-OH is 1. The number of aromatic nitrogens is 4. The minimum absolute atomic E-state index is 0.0589. The van der Waals surface area contributed by atoms with Gasteiger partial charge in [0.05, 0.1) is 33.1 Å². The van der Waals surface area contributed by atoms with Gasteiger partial charge in [-0.2, -0.15) is 10.1 Å². The molecule has 3 N–H and O–H groups in total. The molecule has 10 heteroatoms. The summed E-state index contributed by atoms with van der Waals surface area (Å²) in [7, 11) is 2.89. The van der Waals surface area contributed by atoms with E-state index in [0.29, 0.717) is 30.0 Å². The lowest BCUT2D eigenvalue weighted by Crippen LogP contribution is -2.15. The van der Waals surface area contributed by atoms with E-state index in [1.165, 1.54) is 7.11 Å². The lowest BCUT2D eigenvalue weighted by atomic mass is 10.1. The van der Waals surface area contributed by atoms with Crippen LogP contribution in [0.3, 0.4) is 0 Å².